The molecule has 2 aliphatic rings. The molecule has 2 heterocycles. The first-order valence-corrected chi connectivity index (χ1v) is 11.7. The Morgan fingerprint density at radius 3 is 1.97 bits per heavy atom. The molecular formula is C21H26ClN2O6P. The molecule has 2 unspecified atom stereocenters. The number of carbonyl (C=O) groups excluding carboxylic acids is 1. The summed E-state index contributed by atoms with van der Waals surface area (Å²) in [5.41, 5.74) is 0. The van der Waals surface area contributed by atoms with Crippen molar-refractivity contribution in [3.05, 3.63) is 48.5 Å². The lowest BCUT2D eigenvalue weighted by atomic mass is 10.2. The summed E-state index contributed by atoms with van der Waals surface area (Å²) in [4.78, 5) is 14.7. The zero-order valence-electron chi connectivity index (χ0n) is 16.8. The highest BCUT2D eigenvalue weighted by Gasteiger charge is 2.48. The van der Waals surface area contributed by atoms with Gasteiger partial charge in [0.15, 0.2) is 5.78 Å². The van der Waals surface area contributed by atoms with Crippen molar-refractivity contribution in [1.82, 2.24) is 10.2 Å². The summed E-state index contributed by atoms with van der Waals surface area (Å²) in [6.07, 6.45) is 2.88. The van der Waals surface area contributed by atoms with Crippen molar-refractivity contribution < 1.29 is 28.6 Å². The summed E-state index contributed by atoms with van der Waals surface area (Å²) in [6, 6.07) is 11.5. The summed E-state index contributed by atoms with van der Waals surface area (Å²) in [7, 11) is -3.88. The second-order valence-corrected chi connectivity index (χ2v) is 9.55. The maximum absolute atomic E-state index is 14.1. The first-order valence-electron chi connectivity index (χ1n) is 10.1. The standard InChI is InChI=1S/C21H25N2O6P.ClH/c24-15-5-9-17(10-6-15)28-30(27,29-18-11-7-16(25)8-12-18)20-4-2-14-23(20)21(26)19-3-1-13-22-19;/h5-12,19-20,22,24-25H,1-4,13-14H2;1H. The number of phenols is 2. The Bertz CT molecular complexity index is 882. The van der Waals surface area contributed by atoms with Gasteiger partial charge in [0.05, 0.1) is 6.04 Å². The van der Waals surface area contributed by atoms with Gasteiger partial charge >= 0.3 is 7.60 Å². The van der Waals surface area contributed by atoms with Crippen molar-refractivity contribution in [2.24, 2.45) is 0 Å². The van der Waals surface area contributed by atoms with Gasteiger partial charge < -0.3 is 29.5 Å². The number of phenolic OH excluding ortho intramolecular Hbond substituents is 2. The predicted octanol–water partition coefficient (Wildman–Crippen LogP) is 3.87. The molecule has 1 amide bonds. The van der Waals surface area contributed by atoms with E-state index in [1.165, 1.54) is 48.5 Å². The van der Waals surface area contributed by atoms with Gasteiger partial charge in [-0.15, -0.1) is 12.4 Å². The molecule has 0 bridgehead atoms. The average Bonchev–Trinajstić information content (AvgIpc) is 3.43. The van der Waals surface area contributed by atoms with Crippen LogP contribution in [0, 0.1) is 0 Å². The van der Waals surface area contributed by atoms with E-state index in [2.05, 4.69) is 5.32 Å². The monoisotopic (exact) mass is 468 g/mol. The molecule has 31 heavy (non-hydrogen) atoms. The van der Waals surface area contributed by atoms with E-state index in [4.69, 9.17) is 9.05 Å². The highest BCUT2D eigenvalue weighted by molar-refractivity contribution is 7.55. The third kappa shape index (κ3) is 5.26. The molecule has 0 aromatic heterocycles. The summed E-state index contributed by atoms with van der Waals surface area (Å²) >= 11 is 0. The van der Waals surface area contributed by atoms with Crippen LogP contribution >= 0.6 is 20.0 Å². The molecule has 2 aromatic carbocycles. The molecule has 0 saturated carbocycles. The Hall–Kier alpha value is -2.41. The van der Waals surface area contributed by atoms with Crippen molar-refractivity contribution in [3.8, 4) is 23.0 Å². The van der Waals surface area contributed by atoms with Gasteiger partial charge in [0, 0.05) is 6.54 Å². The summed E-state index contributed by atoms with van der Waals surface area (Å²) in [6.45, 7) is 1.28. The van der Waals surface area contributed by atoms with Gasteiger partial charge in [-0.3, -0.25) is 4.79 Å². The second kappa shape index (κ2) is 9.81. The lowest BCUT2D eigenvalue weighted by molar-refractivity contribution is -0.132. The Labute approximate surface area is 187 Å². The van der Waals surface area contributed by atoms with Crippen LogP contribution in [0.3, 0.4) is 0 Å². The fraction of sp³-hybridized carbons (Fsp3) is 0.381. The predicted molar refractivity (Wildman–Crippen MR) is 118 cm³/mol. The largest absolute Gasteiger partial charge is 0.508 e. The van der Waals surface area contributed by atoms with Crippen molar-refractivity contribution in [3.63, 3.8) is 0 Å². The van der Waals surface area contributed by atoms with E-state index in [1.807, 2.05) is 0 Å². The van der Waals surface area contributed by atoms with Gasteiger partial charge in [-0.05, 0) is 80.8 Å². The number of amides is 1. The maximum Gasteiger partial charge on any atom is 0.453 e. The molecule has 2 aliphatic heterocycles. The fourth-order valence-electron chi connectivity index (χ4n) is 3.88. The SMILES string of the molecule is Cl.O=C(C1CCCN1)N1CCCC1P(=O)(Oc1ccc(O)cc1)Oc1ccc(O)cc1. The molecule has 4 rings (SSSR count). The van der Waals surface area contributed by atoms with Crippen LogP contribution < -0.4 is 14.4 Å². The highest BCUT2D eigenvalue weighted by atomic mass is 35.5. The van der Waals surface area contributed by atoms with E-state index in [0.717, 1.165) is 19.4 Å². The molecule has 2 saturated heterocycles. The summed E-state index contributed by atoms with van der Waals surface area (Å²) in [5, 5.41) is 22.2. The molecule has 2 atom stereocenters. The van der Waals surface area contributed by atoms with Crippen molar-refractivity contribution in [1.29, 1.82) is 0 Å². The van der Waals surface area contributed by atoms with Gasteiger partial charge in [0.25, 0.3) is 0 Å². The topological polar surface area (TPSA) is 108 Å². The minimum absolute atomic E-state index is 0. The lowest BCUT2D eigenvalue weighted by Gasteiger charge is -2.32. The minimum atomic E-state index is -3.88. The number of nitrogens with zero attached hydrogens (tertiary/aromatic N) is 1. The first-order chi connectivity index (χ1) is 14.4. The third-order valence-electron chi connectivity index (χ3n) is 5.37. The molecular weight excluding hydrogens is 443 g/mol. The molecule has 168 valence electrons. The van der Waals surface area contributed by atoms with Gasteiger partial charge in [-0.2, -0.15) is 0 Å². The number of nitrogens with one attached hydrogen (secondary N) is 1. The summed E-state index contributed by atoms with van der Waals surface area (Å²) in [5.74, 6) is -0.154. The zero-order valence-corrected chi connectivity index (χ0v) is 18.6. The van der Waals surface area contributed by atoms with Crippen LogP contribution in [-0.2, 0) is 9.36 Å². The molecule has 2 aromatic rings. The Morgan fingerprint density at radius 2 is 1.48 bits per heavy atom. The summed E-state index contributed by atoms with van der Waals surface area (Å²) < 4.78 is 25.8. The fourth-order valence-corrected chi connectivity index (χ4v) is 6.06. The Morgan fingerprint density at radius 1 is 0.935 bits per heavy atom. The quantitative estimate of drug-likeness (QED) is 0.552. The normalized spacial score (nSPS) is 20.8. The van der Waals surface area contributed by atoms with Crippen LogP contribution in [0.1, 0.15) is 25.7 Å². The minimum Gasteiger partial charge on any atom is -0.508 e. The molecule has 8 nitrogen and oxygen atoms in total. The van der Waals surface area contributed by atoms with Crippen molar-refractivity contribution in [2.45, 2.75) is 37.5 Å². The van der Waals surface area contributed by atoms with Crippen LogP contribution in [0.15, 0.2) is 48.5 Å². The van der Waals surface area contributed by atoms with Gasteiger partial charge in [0.2, 0.25) is 5.91 Å². The van der Waals surface area contributed by atoms with E-state index in [9.17, 15) is 19.6 Å². The van der Waals surface area contributed by atoms with Crippen LogP contribution in [-0.4, -0.2) is 45.9 Å². The van der Waals surface area contributed by atoms with Crippen LogP contribution in [0.4, 0.5) is 0 Å². The average molecular weight is 469 g/mol. The van der Waals surface area contributed by atoms with Crippen LogP contribution in [0.2, 0.25) is 0 Å². The lowest BCUT2D eigenvalue weighted by Crippen LogP contribution is -2.46. The molecule has 0 aliphatic carbocycles. The second-order valence-electron chi connectivity index (χ2n) is 7.51. The Balaban J connectivity index is 0.00000272. The van der Waals surface area contributed by atoms with Crippen LogP contribution in [0.25, 0.3) is 0 Å². The number of likely N-dealkylation sites (tertiary alicyclic amines) is 1. The van der Waals surface area contributed by atoms with Gasteiger partial charge in [0.1, 0.15) is 23.0 Å². The molecule has 0 spiro atoms. The number of benzene rings is 2. The van der Waals surface area contributed by atoms with Gasteiger partial charge in [-0.1, -0.05) is 0 Å². The maximum atomic E-state index is 14.1. The highest BCUT2D eigenvalue weighted by Crippen LogP contribution is 2.57. The number of carbonyl (C=O) groups is 1. The van der Waals surface area contributed by atoms with Crippen molar-refractivity contribution >= 4 is 25.9 Å². The molecule has 2 fully saturated rings. The van der Waals surface area contributed by atoms with E-state index in [1.54, 1.807) is 4.90 Å². The van der Waals surface area contributed by atoms with Gasteiger partial charge in [-0.25, -0.2) is 4.57 Å². The molecule has 0 radical (unpaired) electrons. The number of rotatable bonds is 6. The zero-order chi connectivity index (χ0) is 21.1. The first kappa shape index (κ1) is 23.3. The van der Waals surface area contributed by atoms with Crippen molar-refractivity contribution in [2.75, 3.05) is 13.1 Å². The molecule has 10 heteroatoms. The third-order valence-corrected chi connectivity index (χ3v) is 7.56. The number of hydrogen-bond donors (Lipinski definition) is 3. The number of hydrogen-bond acceptors (Lipinski definition) is 7. The van der Waals surface area contributed by atoms with E-state index in [-0.39, 0.29) is 47.4 Å². The van der Waals surface area contributed by atoms with E-state index < -0.39 is 13.4 Å². The molecule has 3 N–H and O–H groups in total. The van der Waals surface area contributed by atoms with E-state index in [0.29, 0.717) is 19.4 Å². The van der Waals surface area contributed by atoms with Crippen LogP contribution in [0.5, 0.6) is 23.0 Å². The van der Waals surface area contributed by atoms with E-state index >= 15 is 0 Å². The Kier molecular flexibility index (Phi) is 7.36. The number of halogens is 1. The number of aromatic hydroxyl groups is 2. The smallest absolute Gasteiger partial charge is 0.453 e.